The lowest BCUT2D eigenvalue weighted by atomic mass is 9.96. The first-order valence-corrected chi connectivity index (χ1v) is 8.72. The summed E-state index contributed by atoms with van der Waals surface area (Å²) in [6, 6.07) is 1.91. The number of ketones is 1. The van der Waals surface area contributed by atoms with Crippen molar-refractivity contribution >= 4 is 34.9 Å². The van der Waals surface area contributed by atoms with Gasteiger partial charge in [0.25, 0.3) is 0 Å². The van der Waals surface area contributed by atoms with E-state index in [-0.39, 0.29) is 11.8 Å². The van der Waals surface area contributed by atoms with Crippen molar-refractivity contribution in [2.75, 3.05) is 7.11 Å². The van der Waals surface area contributed by atoms with Crippen LogP contribution in [0.15, 0.2) is 22.8 Å². The van der Waals surface area contributed by atoms with Crippen LogP contribution < -0.4 is 0 Å². The number of Topliss-reactive ketones (excluding diaryl/α,β-unsaturated/α-hetero) is 1. The van der Waals surface area contributed by atoms with E-state index in [1.807, 2.05) is 11.4 Å². The number of methoxy groups -OCH3 is 1. The summed E-state index contributed by atoms with van der Waals surface area (Å²) in [6.45, 7) is 0. The number of nitrogens with zero attached hydrogens (tertiary/aromatic N) is 2. The van der Waals surface area contributed by atoms with Crippen molar-refractivity contribution in [3.63, 3.8) is 0 Å². The summed E-state index contributed by atoms with van der Waals surface area (Å²) in [4.78, 5) is 32.7. The third-order valence-corrected chi connectivity index (χ3v) is 5.28. The Morgan fingerprint density at radius 2 is 2.32 bits per heavy atom. The van der Waals surface area contributed by atoms with Gasteiger partial charge in [-0.05, 0) is 29.9 Å². The van der Waals surface area contributed by atoms with E-state index in [1.165, 1.54) is 30.2 Å². The summed E-state index contributed by atoms with van der Waals surface area (Å²) in [5.74, 6) is 0.409. The van der Waals surface area contributed by atoms with E-state index in [0.29, 0.717) is 27.8 Å². The van der Waals surface area contributed by atoms with Crippen molar-refractivity contribution in [1.82, 2.24) is 9.97 Å². The summed E-state index contributed by atoms with van der Waals surface area (Å²) in [5.41, 5.74) is 2.41. The third-order valence-electron chi connectivity index (χ3n) is 3.44. The molecule has 2 aromatic heterocycles. The van der Waals surface area contributed by atoms with E-state index in [9.17, 15) is 9.59 Å². The van der Waals surface area contributed by atoms with E-state index in [0.717, 1.165) is 24.1 Å². The van der Waals surface area contributed by atoms with Gasteiger partial charge in [0, 0.05) is 18.4 Å². The van der Waals surface area contributed by atoms with Crippen LogP contribution in [0, 0.1) is 0 Å². The predicted octanol–water partition coefficient (Wildman–Crippen LogP) is 3.14. The molecule has 0 bridgehead atoms. The van der Waals surface area contributed by atoms with E-state index in [2.05, 4.69) is 9.97 Å². The fraction of sp³-hybridized carbons (Fsp3) is 0.333. The number of esters is 1. The molecular formula is C15H14N2O3S2. The number of carbonyl (C=O) groups is 2. The second-order valence-corrected chi connectivity index (χ2v) is 6.70. The zero-order chi connectivity index (χ0) is 15.5. The second-order valence-electron chi connectivity index (χ2n) is 4.84. The van der Waals surface area contributed by atoms with Crippen LogP contribution in [0.25, 0.3) is 0 Å². The molecule has 3 rings (SSSR count). The van der Waals surface area contributed by atoms with Crippen LogP contribution in [-0.2, 0) is 16.9 Å². The van der Waals surface area contributed by atoms with Crippen LogP contribution in [0.3, 0.4) is 0 Å². The van der Waals surface area contributed by atoms with Crippen LogP contribution in [0.2, 0.25) is 0 Å². The molecule has 5 nitrogen and oxygen atoms in total. The maximum atomic E-state index is 11.8. The number of thioether (sulfide) groups is 1. The molecule has 22 heavy (non-hydrogen) atoms. The molecule has 0 spiro atoms. The summed E-state index contributed by atoms with van der Waals surface area (Å²) in [6.07, 6.45) is 3.88. The predicted molar refractivity (Wildman–Crippen MR) is 84.5 cm³/mol. The van der Waals surface area contributed by atoms with Crippen LogP contribution in [0.1, 0.15) is 44.1 Å². The number of hydrogen-bond donors (Lipinski definition) is 0. The van der Waals surface area contributed by atoms with Gasteiger partial charge in [-0.15, -0.1) is 11.3 Å². The molecule has 2 heterocycles. The molecule has 114 valence electrons. The fourth-order valence-corrected chi connectivity index (χ4v) is 4.06. The van der Waals surface area contributed by atoms with Gasteiger partial charge in [0.05, 0.1) is 18.4 Å². The monoisotopic (exact) mass is 334 g/mol. The van der Waals surface area contributed by atoms with Crippen molar-refractivity contribution in [3.8, 4) is 0 Å². The van der Waals surface area contributed by atoms with Crippen molar-refractivity contribution in [2.45, 2.75) is 30.2 Å². The molecule has 0 aromatic carbocycles. The lowest BCUT2D eigenvalue weighted by Gasteiger charge is -2.13. The van der Waals surface area contributed by atoms with Crippen LogP contribution in [-0.4, -0.2) is 28.8 Å². The summed E-state index contributed by atoms with van der Waals surface area (Å²) >= 11 is 2.83. The van der Waals surface area contributed by atoms with Crippen molar-refractivity contribution in [1.29, 1.82) is 0 Å². The van der Waals surface area contributed by atoms with Crippen molar-refractivity contribution in [3.05, 3.63) is 39.3 Å². The zero-order valence-electron chi connectivity index (χ0n) is 12.0. The highest BCUT2D eigenvalue weighted by Crippen LogP contribution is 2.27. The first-order chi connectivity index (χ1) is 10.7. The quantitative estimate of drug-likeness (QED) is 0.486. The highest BCUT2D eigenvalue weighted by Gasteiger charge is 2.20. The lowest BCUT2D eigenvalue weighted by Crippen LogP contribution is -2.13. The molecule has 7 heteroatoms. The Labute approximate surface area is 136 Å². The highest BCUT2D eigenvalue weighted by atomic mass is 32.2. The highest BCUT2D eigenvalue weighted by molar-refractivity contribution is 7.98. The first kappa shape index (κ1) is 15.2. The Morgan fingerprint density at radius 3 is 3.14 bits per heavy atom. The zero-order valence-corrected chi connectivity index (χ0v) is 13.6. The van der Waals surface area contributed by atoms with Crippen LogP contribution in [0.5, 0.6) is 0 Å². The van der Waals surface area contributed by atoms with Gasteiger partial charge in [-0.1, -0.05) is 11.8 Å². The minimum absolute atomic E-state index is 0.128. The van der Waals surface area contributed by atoms with Crippen molar-refractivity contribution < 1.29 is 14.3 Å². The average Bonchev–Trinajstić information content (AvgIpc) is 3.01. The largest absolute Gasteiger partial charge is 0.465 e. The molecule has 0 fully saturated rings. The normalized spacial score (nSPS) is 13.8. The SMILES string of the molecule is COC(=O)c1sccc1CSc1ncc2c(n1)CCCC2=O. The van der Waals surface area contributed by atoms with Gasteiger partial charge >= 0.3 is 5.97 Å². The summed E-state index contributed by atoms with van der Waals surface area (Å²) in [5, 5.41) is 2.50. The third kappa shape index (κ3) is 3.05. The van der Waals surface area contributed by atoms with E-state index >= 15 is 0 Å². The maximum absolute atomic E-state index is 11.8. The average molecular weight is 334 g/mol. The van der Waals surface area contributed by atoms with Crippen LogP contribution >= 0.6 is 23.1 Å². The smallest absolute Gasteiger partial charge is 0.348 e. The van der Waals surface area contributed by atoms with Crippen LogP contribution in [0.4, 0.5) is 0 Å². The number of hydrogen-bond acceptors (Lipinski definition) is 7. The molecule has 0 saturated carbocycles. The molecule has 1 aliphatic rings. The second kappa shape index (κ2) is 6.58. The van der Waals surface area contributed by atoms with Gasteiger partial charge in [0.2, 0.25) is 0 Å². The van der Waals surface area contributed by atoms with Gasteiger partial charge in [-0.3, -0.25) is 4.79 Å². The fourth-order valence-electron chi connectivity index (χ4n) is 2.31. The number of ether oxygens (including phenoxy) is 1. The van der Waals surface area contributed by atoms with E-state index in [4.69, 9.17) is 4.74 Å². The molecule has 0 unspecified atom stereocenters. The minimum atomic E-state index is -0.317. The van der Waals surface area contributed by atoms with Gasteiger partial charge in [-0.25, -0.2) is 14.8 Å². The number of thiophene rings is 1. The number of rotatable bonds is 4. The maximum Gasteiger partial charge on any atom is 0.348 e. The molecule has 2 aromatic rings. The molecular weight excluding hydrogens is 320 g/mol. The minimum Gasteiger partial charge on any atom is -0.465 e. The summed E-state index contributed by atoms with van der Waals surface area (Å²) in [7, 11) is 1.38. The number of fused-ring (bicyclic) bond motifs is 1. The molecule has 0 atom stereocenters. The summed E-state index contributed by atoms with van der Waals surface area (Å²) < 4.78 is 4.77. The molecule has 0 radical (unpaired) electrons. The lowest BCUT2D eigenvalue weighted by molar-refractivity contribution is 0.0605. The Kier molecular flexibility index (Phi) is 4.54. The Balaban J connectivity index is 1.74. The van der Waals surface area contributed by atoms with Gasteiger partial charge in [-0.2, -0.15) is 0 Å². The molecule has 1 aliphatic carbocycles. The first-order valence-electron chi connectivity index (χ1n) is 6.85. The van der Waals surface area contributed by atoms with Crippen molar-refractivity contribution in [2.24, 2.45) is 0 Å². The number of aryl methyl sites for hydroxylation is 1. The molecule has 0 saturated heterocycles. The van der Waals surface area contributed by atoms with Gasteiger partial charge in [0.15, 0.2) is 10.9 Å². The molecule has 0 N–H and O–H groups in total. The van der Waals surface area contributed by atoms with E-state index in [1.54, 1.807) is 6.20 Å². The molecule has 0 amide bonds. The molecule has 0 aliphatic heterocycles. The number of carbonyl (C=O) groups excluding carboxylic acids is 2. The standard InChI is InChI=1S/C15H14N2O3S2/c1-20-14(19)13-9(5-6-21-13)8-22-15-16-7-10-11(17-15)3-2-4-12(10)18/h5-7H,2-4,8H2,1H3. The topological polar surface area (TPSA) is 69.2 Å². The Hall–Kier alpha value is -1.73. The van der Waals surface area contributed by atoms with Gasteiger partial charge in [0.1, 0.15) is 4.88 Å². The number of aromatic nitrogens is 2. The Morgan fingerprint density at radius 1 is 1.45 bits per heavy atom. The Bertz CT molecular complexity index is 727. The van der Waals surface area contributed by atoms with Gasteiger partial charge < -0.3 is 4.74 Å². The van der Waals surface area contributed by atoms with E-state index < -0.39 is 0 Å².